The molecule has 1 aliphatic rings. The Kier molecular flexibility index (Phi) is 3.03. The first-order valence-corrected chi connectivity index (χ1v) is 6.41. The summed E-state index contributed by atoms with van der Waals surface area (Å²) in [5, 5.41) is 0. The van der Waals surface area contributed by atoms with Crippen LogP contribution < -0.4 is 0 Å². The first-order chi connectivity index (χ1) is 9.65. The molecule has 3 rings (SSSR count). The quantitative estimate of drug-likeness (QED) is 0.772. The van der Waals surface area contributed by atoms with Crippen LogP contribution in [0.5, 0.6) is 0 Å². The van der Waals surface area contributed by atoms with Crippen molar-refractivity contribution < 1.29 is 13.9 Å². The Morgan fingerprint density at radius 3 is 2.45 bits per heavy atom. The van der Waals surface area contributed by atoms with Crippen molar-refractivity contribution in [3.8, 4) is 0 Å². The molecule has 0 atom stereocenters. The lowest BCUT2D eigenvalue weighted by Gasteiger charge is -2.05. The van der Waals surface area contributed by atoms with Crippen molar-refractivity contribution in [2.75, 3.05) is 0 Å². The lowest BCUT2D eigenvalue weighted by Crippen LogP contribution is -1.94. The molecule has 0 unspecified atom stereocenters. The molecule has 0 fully saturated rings. The van der Waals surface area contributed by atoms with Crippen LogP contribution in [-0.4, -0.2) is 5.97 Å². The number of hydrogen-bond donors (Lipinski definition) is 0. The molecule has 3 nitrogen and oxygen atoms in total. The van der Waals surface area contributed by atoms with Crippen molar-refractivity contribution in [2.24, 2.45) is 0 Å². The maximum absolute atomic E-state index is 11.8. The largest absolute Gasteiger partial charge is 0.465 e. The summed E-state index contributed by atoms with van der Waals surface area (Å²) >= 11 is 0. The molecule has 0 aliphatic carbocycles. The zero-order chi connectivity index (χ0) is 14.1. The number of furan rings is 1. The third kappa shape index (κ3) is 2.18. The maximum Gasteiger partial charge on any atom is 0.339 e. The Morgan fingerprint density at radius 1 is 1.05 bits per heavy atom. The molecule has 0 bridgehead atoms. The predicted molar refractivity (Wildman–Crippen MR) is 76.6 cm³/mol. The molecule has 2 heterocycles. The summed E-state index contributed by atoms with van der Waals surface area (Å²) in [5.74, 6) is 0.886. The summed E-state index contributed by atoms with van der Waals surface area (Å²) in [5.41, 5.74) is 3.59. The monoisotopic (exact) mass is 266 g/mol. The summed E-state index contributed by atoms with van der Waals surface area (Å²) in [6, 6.07) is 11.6. The second kappa shape index (κ2) is 4.85. The van der Waals surface area contributed by atoms with Crippen LogP contribution in [-0.2, 0) is 9.53 Å². The van der Waals surface area contributed by atoms with E-state index < -0.39 is 0 Å². The van der Waals surface area contributed by atoms with Gasteiger partial charge in [-0.2, -0.15) is 0 Å². The van der Waals surface area contributed by atoms with Gasteiger partial charge in [-0.3, -0.25) is 0 Å². The van der Waals surface area contributed by atoms with Crippen LogP contribution in [0, 0.1) is 6.92 Å². The van der Waals surface area contributed by atoms with E-state index >= 15 is 0 Å². The number of aryl methyl sites for hydroxylation is 1. The van der Waals surface area contributed by atoms with Gasteiger partial charge in [-0.15, -0.1) is 0 Å². The minimum atomic E-state index is -0.307. The van der Waals surface area contributed by atoms with Gasteiger partial charge in [0.25, 0.3) is 0 Å². The fourth-order valence-electron chi connectivity index (χ4n) is 2.20. The van der Waals surface area contributed by atoms with Crippen molar-refractivity contribution in [3.63, 3.8) is 0 Å². The lowest BCUT2D eigenvalue weighted by atomic mass is 9.99. The van der Waals surface area contributed by atoms with E-state index in [-0.39, 0.29) is 5.97 Å². The zero-order valence-electron chi connectivity index (χ0n) is 11.3. The van der Waals surface area contributed by atoms with Crippen molar-refractivity contribution in [1.29, 1.82) is 0 Å². The SMILES string of the molecule is CC1=C(c2ccc(C)cc2)/C(=C/c2ccco2)OC1=O. The van der Waals surface area contributed by atoms with Gasteiger partial charge in [0.1, 0.15) is 11.5 Å². The van der Waals surface area contributed by atoms with Gasteiger partial charge >= 0.3 is 5.97 Å². The van der Waals surface area contributed by atoms with E-state index in [1.165, 1.54) is 5.56 Å². The van der Waals surface area contributed by atoms with Gasteiger partial charge < -0.3 is 9.15 Å². The number of esters is 1. The van der Waals surface area contributed by atoms with Crippen LogP contribution >= 0.6 is 0 Å². The Balaban J connectivity index is 2.08. The number of benzene rings is 1. The minimum absolute atomic E-state index is 0.307. The van der Waals surface area contributed by atoms with Crippen molar-refractivity contribution >= 4 is 17.6 Å². The molecule has 3 heteroatoms. The molecule has 0 saturated carbocycles. The van der Waals surface area contributed by atoms with Crippen LogP contribution in [0.1, 0.15) is 23.8 Å². The van der Waals surface area contributed by atoms with E-state index in [9.17, 15) is 4.79 Å². The topological polar surface area (TPSA) is 39.4 Å². The first kappa shape index (κ1) is 12.5. The first-order valence-electron chi connectivity index (χ1n) is 6.41. The maximum atomic E-state index is 11.8. The molecule has 20 heavy (non-hydrogen) atoms. The highest BCUT2D eigenvalue weighted by Gasteiger charge is 2.27. The van der Waals surface area contributed by atoms with Crippen molar-refractivity contribution in [3.05, 3.63) is 70.9 Å². The third-order valence-corrected chi connectivity index (χ3v) is 3.29. The lowest BCUT2D eigenvalue weighted by molar-refractivity contribution is -0.133. The van der Waals surface area contributed by atoms with E-state index in [4.69, 9.17) is 9.15 Å². The molecule has 0 N–H and O–H groups in total. The molecule has 1 aromatic carbocycles. The van der Waals surface area contributed by atoms with E-state index in [0.29, 0.717) is 17.1 Å². The van der Waals surface area contributed by atoms with Crippen LogP contribution in [0.2, 0.25) is 0 Å². The highest BCUT2D eigenvalue weighted by Crippen LogP contribution is 2.35. The van der Waals surface area contributed by atoms with Gasteiger partial charge in [-0.1, -0.05) is 29.8 Å². The van der Waals surface area contributed by atoms with E-state index in [0.717, 1.165) is 11.1 Å². The summed E-state index contributed by atoms with van der Waals surface area (Å²) in [6.07, 6.45) is 3.33. The predicted octanol–water partition coefficient (Wildman–Crippen LogP) is 3.96. The van der Waals surface area contributed by atoms with Crippen LogP contribution in [0.15, 0.2) is 58.4 Å². The number of cyclic esters (lactones) is 1. The van der Waals surface area contributed by atoms with Crippen molar-refractivity contribution in [2.45, 2.75) is 13.8 Å². The second-order valence-electron chi connectivity index (χ2n) is 4.78. The van der Waals surface area contributed by atoms with Gasteiger partial charge in [0.05, 0.1) is 6.26 Å². The van der Waals surface area contributed by atoms with Gasteiger partial charge in [0, 0.05) is 17.2 Å². The molecule has 1 aromatic heterocycles. The van der Waals surface area contributed by atoms with Gasteiger partial charge in [-0.05, 0) is 31.5 Å². The molecule has 0 saturated heterocycles. The van der Waals surface area contributed by atoms with Gasteiger partial charge in [0.2, 0.25) is 0 Å². The molecule has 0 amide bonds. The summed E-state index contributed by atoms with van der Waals surface area (Å²) in [6.45, 7) is 3.81. The van der Waals surface area contributed by atoms with Crippen LogP contribution in [0.4, 0.5) is 0 Å². The molecule has 0 radical (unpaired) electrons. The fourth-order valence-corrected chi connectivity index (χ4v) is 2.20. The smallest absolute Gasteiger partial charge is 0.339 e. The zero-order valence-corrected chi connectivity index (χ0v) is 11.3. The minimum Gasteiger partial charge on any atom is -0.465 e. The molecule has 2 aromatic rings. The number of carbonyl (C=O) groups is 1. The number of allylic oxidation sites excluding steroid dienone is 1. The van der Waals surface area contributed by atoms with Crippen LogP contribution in [0.3, 0.4) is 0 Å². The Hall–Kier alpha value is -2.55. The number of carbonyl (C=O) groups excluding carboxylic acids is 1. The fraction of sp³-hybridized carbons (Fsp3) is 0.118. The standard InChI is InChI=1S/C17H14O3/c1-11-5-7-13(8-6-11)16-12(2)17(18)20-15(16)10-14-4-3-9-19-14/h3-10H,1-2H3/b15-10-. The Labute approximate surface area is 117 Å². The number of hydrogen-bond acceptors (Lipinski definition) is 3. The summed E-state index contributed by atoms with van der Waals surface area (Å²) < 4.78 is 10.6. The van der Waals surface area contributed by atoms with E-state index in [1.807, 2.05) is 37.3 Å². The second-order valence-corrected chi connectivity index (χ2v) is 4.78. The summed E-state index contributed by atoms with van der Waals surface area (Å²) in [7, 11) is 0. The normalized spacial score (nSPS) is 16.9. The number of ether oxygens (including phenoxy) is 1. The average molecular weight is 266 g/mol. The van der Waals surface area contributed by atoms with Crippen LogP contribution in [0.25, 0.3) is 11.6 Å². The molecule has 0 spiro atoms. The highest BCUT2D eigenvalue weighted by atomic mass is 16.5. The Morgan fingerprint density at radius 2 is 1.80 bits per heavy atom. The van der Waals surface area contributed by atoms with Gasteiger partial charge in [-0.25, -0.2) is 4.79 Å². The Bertz CT molecular complexity index is 701. The highest BCUT2D eigenvalue weighted by molar-refractivity contribution is 6.07. The third-order valence-electron chi connectivity index (χ3n) is 3.29. The van der Waals surface area contributed by atoms with E-state index in [2.05, 4.69) is 0 Å². The van der Waals surface area contributed by atoms with E-state index in [1.54, 1.807) is 25.3 Å². The molecular formula is C17H14O3. The average Bonchev–Trinajstić information content (AvgIpc) is 3.02. The molecular weight excluding hydrogens is 252 g/mol. The summed E-state index contributed by atoms with van der Waals surface area (Å²) in [4.78, 5) is 11.8. The number of rotatable bonds is 2. The molecule has 1 aliphatic heterocycles. The molecule has 100 valence electrons. The van der Waals surface area contributed by atoms with Gasteiger partial charge in [0.15, 0.2) is 0 Å². The van der Waals surface area contributed by atoms with Crippen molar-refractivity contribution in [1.82, 2.24) is 0 Å².